The number of nitrogens with zero attached hydrogens (tertiary/aromatic N) is 1. The van der Waals surface area contributed by atoms with Crippen LogP contribution in [0.3, 0.4) is 0 Å². The molecule has 2 aliphatic heterocycles. The van der Waals surface area contributed by atoms with Gasteiger partial charge in [-0.05, 0) is 81.4 Å². The number of thiophene rings is 1. The maximum Gasteiger partial charge on any atom is 0.260 e. The van der Waals surface area contributed by atoms with Gasteiger partial charge in [-0.3, -0.25) is 0 Å². The molecule has 5 aromatic carbocycles. The summed E-state index contributed by atoms with van der Waals surface area (Å²) in [5.74, 6) is 0. The van der Waals surface area contributed by atoms with Crippen molar-refractivity contribution in [2.75, 3.05) is 4.90 Å². The van der Waals surface area contributed by atoms with E-state index in [-0.39, 0.29) is 17.5 Å². The van der Waals surface area contributed by atoms with E-state index >= 15 is 0 Å². The highest BCUT2D eigenvalue weighted by atomic mass is 32.1. The predicted molar refractivity (Wildman–Crippen MR) is 191 cm³/mol. The normalized spacial score (nSPS) is 15.8. The van der Waals surface area contributed by atoms with E-state index in [0.29, 0.717) is 0 Å². The van der Waals surface area contributed by atoms with E-state index < -0.39 is 0 Å². The third-order valence-corrected chi connectivity index (χ3v) is 11.8. The fraction of sp³-hybridized carbons (Fsp3) is 0.220. The topological polar surface area (TPSA) is 3.24 Å². The van der Waals surface area contributed by atoms with Gasteiger partial charge in [-0.2, -0.15) is 0 Å². The number of benzene rings is 5. The number of fused-ring (bicyclic) bond motifs is 7. The largest absolute Gasteiger partial charge is 0.309 e. The van der Waals surface area contributed by atoms with Crippen molar-refractivity contribution < 1.29 is 0 Å². The highest BCUT2D eigenvalue weighted by Gasteiger charge is 2.47. The molecule has 0 saturated carbocycles. The molecule has 1 nitrogen and oxygen atoms in total. The molecule has 3 heteroatoms. The summed E-state index contributed by atoms with van der Waals surface area (Å²) in [5.41, 5.74) is 16.9. The van der Waals surface area contributed by atoms with Crippen molar-refractivity contribution >= 4 is 60.9 Å². The molecule has 1 aromatic heterocycles. The van der Waals surface area contributed by atoms with Crippen LogP contribution >= 0.6 is 11.3 Å². The van der Waals surface area contributed by atoms with Crippen molar-refractivity contribution in [1.29, 1.82) is 0 Å². The lowest BCUT2D eigenvalue weighted by atomic mass is 9.32. The lowest BCUT2D eigenvalue weighted by molar-refractivity contribution is 0.591. The Bertz CT molecular complexity index is 2150. The molecule has 0 amide bonds. The molecule has 9 rings (SSSR count). The van der Waals surface area contributed by atoms with Crippen LogP contribution in [0.15, 0.2) is 103 Å². The minimum absolute atomic E-state index is 0.0829. The fourth-order valence-corrected chi connectivity index (χ4v) is 9.48. The van der Waals surface area contributed by atoms with Crippen molar-refractivity contribution in [2.45, 2.75) is 58.3 Å². The first-order valence-electron chi connectivity index (χ1n) is 16.0. The maximum absolute atomic E-state index is 2.66. The summed E-state index contributed by atoms with van der Waals surface area (Å²) in [6.45, 7) is 12.0. The van der Waals surface area contributed by atoms with Crippen molar-refractivity contribution in [3.05, 3.63) is 131 Å². The molecule has 214 valence electrons. The van der Waals surface area contributed by atoms with E-state index in [1.165, 1.54) is 88.2 Å². The predicted octanol–water partition coefficient (Wildman–Crippen LogP) is 8.90. The summed E-state index contributed by atoms with van der Waals surface area (Å²) in [6, 6.07) is 39.6. The Morgan fingerprint density at radius 1 is 0.727 bits per heavy atom. The van der Waals surface area contributed by atoms with Crippen LogP contribution in [0.4, 0.5) is 17.1 Å². The lowest BCUT2D eigenvalue weighted by Crippen LogP contribution is -2.63. The number of rotatable bonds is 2. The Morgan fingerprint density at radius 3 is 2.23 bits per heavy atom. The quantitative estimate of drug-likeness (QED) is 0.183. The highest BCUT2D eigenvalue weighted by molar-refractivity contribution is 7.33. The Morgan fingerprint density at radius 2 is 1.45 bits per heavy atom. The zero-order valence-electron chi connectivity index (χ0n) is 26.2. The van der Waals surface area contributed by atoms with Crippen molar-refractivity contribution in [3.63, 3.8) is 0 Å². The SMILES string of the molecule is CC(C)(C)c1ccc2c3c(sc2c1)B1c2ccccc2C(C)(C)c2cccc(c21)N3c1cc2c(cc1-c1ccccc1)CC2. The van der Waals surface area contributed by atoms with Crippen LogP contribution in [0, 0.1) is 0 Å². The highest BCUT2D eigenvalue weighted by Crippen LogP contribution is 2.50. The van der Waals surface area contributed by atoms with Crippen LogP contribution in [0.25, 0.3) is 21.2 Å². The molecule has 3 heterocycles. The van der Waals surface area contributed by atoms with Crippen LogP contribution in [-0.2, 0) is 23.7 Å². The minimum Gasteiger partial charge on any atom is -0.309 e. The Hall–Kier alpha value is -4.08. The summed E-state index contributed by atoms with van der Waals surface area (Å²) in [7, 11) is 0. The van der Waals surface area contributed by atoms with Gasteiger partial charge in [-0.1, -0.05) is 119 Å². The van der Waals surface area contributed by atoms with Gasteiger partial charge in [-0.25, -0.2) is 0 Å². The smallest absolute Gasteiger partial charge is 0.260 e. The molecule has 44 heavy (non-hydrogen) atoms. The molecule has 0 fully saturated rings. The summed E-state index contributed by atoms with van der Waals surface area (Å²) < 4.78 is 2.85. The second-order valence-electron chi connectivity index (χ2n) is 14.5. The Kier molecular flexibility index (Phi) is 5.38. The number of aryl methyl sites for hydroxylation is 2. The van der Waals surface area contributed by atoms with Gasteiger partial charge in [0.2, 0.25) is 0 Å². The van der Waals surface area contributed by atoms with E-state index in [4.69, 9.17) is 0 Å². The second kappa shape index (κ2) is 8.99. The van der Waals surface area contributed by atoms with Crippen molar-refractivity contribution in [2.24, 2.45) is 0 Å². The average molecular weight is 586 g/mol. The fourth-order valence-electron chi connectivity index (χ4n) is 8.12. The van der Waals surface area contributed by atoms with Crippen LogP contribution in [-0.4, -0.2) is 6.71 Å². The molecule has 0 saturated heterocycles. The van der Waals surface area contributed by atoms with Gasteiger partial charge in [0.25, 0.3) is 6.71 Å². The number of anilines is 3. The van der Waals surface area contributed by atoms with E-state index in [0.717, 1.165) is 6.42 Å². The third-order valence-electron chi connectivity index (χ3n) is 10.6. The number of hydrogen-bond acceptors (Lipinski definition) is 2. The summed E-state index contributed by atoms with van der Waals surface area (Å²) >= 11 is 2.01. The lowest BCUT2D eigenvalue weighted by Gasteiger charge is -2.45. The van der Waals surface area contributed by atoms with Crippen LogP contribution in [0.5, 0.6) is 0 Å². The van der Waals surface area contributed by atoms with E-state index in [9.17, 15) is 0 Å². The average Bonchev–Trinajstić information content (AvgIpc) is 3.38. The van der Waals surface area contributed by atoms with E-state index in [2.05, 4.69) is 143 Å². The molecule has 6 aromatic rings. The molecule has 0 atom stereocenters. The molecule has 1 aliphatic carbocycles. The third kappa shape index (κ3) is 3.54. The number of hydrogen-bond donors (Lipinski definition) is 0. The zero-order valence-corrected chi connectivity index (χ0v) is 27.0. The summed E-state index contributed by atoms with van der Waals surface area (Å²) in [4.78, 5) is 2.66. The first-order valence-corrected chi connectivity index (χ1v) is 16.8. The monoisotopic (exact) mass is 585 g/mol. The maximum atomic E-state index is 2.66. The molecule has 0 spiro atoms. The van der Waals surface area contributed by atoms with Gasteiger partial charge < -0.3 is 4.90 Å². The summed E-state index contributed by atoms with van der Waals surface area (Å²) in [6.07, 6.45) is 2.33. The van der Waals surface area contributed by atoms with Crippen LogP contribution in [0.1, 0.15) is 62.4 Å². The first-order chi connectivity index (χ1) is 21.2. The van der Waals surface area contributed by atoms with Gasteiger partial charge in [0.05, 0.1) is 11.4 Å². The molecule has 3 aliphatic rings. The second-order valence-corrected chi connectivity index (χ2v) is 15.6. The van der Waals surface area contributed by atoms with Gasteiger partial charge in [0, 0.05) is 31.5 Å². The molecular weight excluding hydrogens is 549 g/mol. The molecule has 0 unspecified atom stereocenters. The van der Waals surface area contributed by atoms with Crippen molar-refractivity contribution in [3.8, 4) is 11.1 Å². The van der Waals surface area contributed by atoms with Crippen LogP contribution in [0.2, 0.25) is 0 Å². The first kappa shape index (κ1) is 26.3. The Balaban J connectivity index is 1.42. The van der Waals surface area contributed by atoms with Gasteiger partial charge >= 0.3 is 0 Å². The zero-order chi connectivity index (χ0) is 30.0. The molecular formula is C41H36BNS. The van der Waals surface area contributed by atoms with Gasteiger partial charge in [0.15, 0.2) is 0 Å². The summed E-state index contributed by atoms with van der Waals surface area (Å²) in [5, 5.41) is 1.36. The molecule has 0 radical (unpaired) electrons. The van der Waals surface area contributed by atoms with E-state index in [1.807, 2.05) is 11.3 Å². The van der Waals surface area contributed by atoms with Crippen molar-refractivity contribution in [1.82, 2.24) is 0 Å². The molecule has 0 N–H and O–H groups in total. The van der Waals surface area contributed by atoms with Gasteiger partial charge in [0.1, 0.15) is 0 Å². The standard InChI is InChI=1S/C41H36BNS/c1-40(2,3)28-20-21-29-36(24-28)44-39-38(29)43(35-23-27-19-18-26(27)22-30(35)25-12-7-6-8-13-25)34-17-11-15-32-37(34)42(39)33-16-10-9-14-31(33)41(32,4)5/h6-17,20-24H,18-19H2,1-5H3. The van der Waals surface area contributed by atoms with Crippen LogP contribution < -0.4 is 20.6 Å². The Labute approximate surface area is 265 Å². The van der Waals surface area contributed by atoms with E-state index in [1.54, 1.807) is 0 Å². The van der Waals surface area contributed by atoms with Gasteiger partial charge in [-0.15, -0.1) is 11.3 Å². The molecule has 0 bridgehead atoms. The minimum atomic E-state index is -0.0829.